The number of hydrogen-bond acceptors (Lipinski definition) is 5. The largest absolute Gasteiger partial charge is 0.426 e. The second-order valence-corrected chi connectivity index (χ2v) is 2.79. The van der Waals surface area contributed by atoms with Gasteiger partial charge in [0, 0.05) is 0 Å². The Hall–Kier alpha value is -0.170. The van der Waals surface area contributed by atoms with E-state index in [9.17, 15) is 8.42 Å². The molecule has 0 radical (unpaired) electrons. The molecule has 5 nitrogen and oxygen atoms in total. The van der Waals surface area contributed by atoms with Crippen LogP contribution in [0, 0.1) is 0 Å². The minimum absolute atomic E-state index is 0.526. The Morgan fingerprint density at radius 3 is 2.00 bits per heavy atom. The van der Waals surface area contributed by atoms with E-state index in [4.69, 9.17) is 5.26 Å². The lowest BCUT2D eigenvalue weighted by atomic mass is 10.5. The Bertz CT molecular complexity index is 157. The zero-order valence-corrected chi connectivity index (χ0v) is 5.88. The summed E-state index contributed by atoms with van der Waals surface area (Å²) < 4.78 is 27.3. The van der Waals surface area contributed by atoms with Crippen molar-refractivity contribution < 1.29 is 22.2 Å². The van der Waals surface area contributed by atoms with Gasteiger partial charge in [-0.2, -0.15) is 8.42 Å². The maximum absolute atomic E-state index is 10.1. The van der Waals surface area contributed by atoms with Gasteiger partial charge in [-0.25, -0.2) is 9.44 Å². The Kier molecular flexibility index (Phi) is 3.06. The molecule has 0 aromatic heterocycles. The third-order valence-corrected chi connectivity index (χ3v) is 1.20. The summed E-state index contributed by atoms with van der Waals surface area (Å²) in [6.45, 7) is 2.99. The van der Waals surface area contributed by atoms with Gasteiger partial charge in [-0.15, -0.1) is 0 Å². The number of rotatable bonds is 3. The molecule has 0 aromatic rings. The molecule has 9 heavy (non-hydrogen) atoms. The van der Waals surface area contributed by atoms with Gasteiger partial charge >= 0.3 is 10.4 Å². The van der Waals surface area contributed by atoms with Crippen LogP contribution in [0.15, 0.2) is 0 Å². The lowest BCUT2D eigenvalue weighted by molar-refractivity contribution is -0.144. The van der Waals surface area contributed by atoms with E-state index in [-0.39, 0.29) is 0 Å². The van der Waals surface area contributed by atoms with Crippen molar-refractivity contribution in [3.63, 3.8) is 0 Å². The molecule has 0 heterocycles. The molecule has 0 atom stereocenters. The second-order valence-electron chi connectivity index (χ2n) is 1.63. The zero-order chi connectivity index (χ0) is 7.49. The van der Waals surface area contributed by atoms with Crippen LogP contribution < -0.4 is 0 Å². The van der Waals surface area contributed by atoms with Crippen molar-refractivity contribution in [2.75, 3.05) is 0 Å². The molecule has 0 aromatic carbocycles. The van der Waals surface area contributed by atoms with Crippen LogP contribution in [0.2, 0.25) is 0 Å². The molecule has 0 saturated heterocycles. The Labute approximate surface area is 53.5 Å². The Balaban J connectivity index is 3.90. The molecule has 0 bridgehead atoms. The van der Waals surface area contributed by atoms with E-state index in [0.717, 1.165) is 0 Å². The second kappa shape index (κ2) is 3.11. The van der Waals surface area contributed by atoms with Crippen LogP contribution in [-0.4, -0.2) is 19.8 Å². The lowest BCUT2D eigenvalue weighted by Crippen LogP contribution is -2.13. The van der Waals surface area contributed by atoms with Crippen LogP contribution in [0.25, 0.3) is 0 Å². The first kappa shape index (κ1) is 8.83. The molecule has 56 valence electrons. The van der Waals surface area contributed by atoms with Crippen molar-refractivity contribution in [3.05, 3.63) is 0 Å². The molecular weight excluding hydrogens is 148 g/mol. The summed E-state index contributed by atoms with van der Waals surface area (Å²) in [4.78, 5) is 0. The van der Waals surface area contributed by atoms with Gasteiger partial charge < -0.3 is 0 Å². The summed E-state index contributed by atoms with van der Waals surface area (Å²) in [5, 5.41) is 7.63. The summed E-state index contributed by atoms with van der Waals surface area (Å²) in [7, 11) is -4.16. The van der Waals surface area contributed by atoms with Gasteiger partial charge in [-0.05, 0) is 13.8 Å². The van der Waals surface area contributed by atoms with Gasteiger partial charge in [0.15, 0.2) is 0 Å². The van der Waals surface area contributed by atoms with Crippen LogP contribution in [0.4, 0.5) is 0 Å². The highest BCUT2D eigenvalue weighted by Gasteiger charge is 2.12. The molecule has 0 aliphatic carbocycles. The molecule has 0 aliphatic heterocycles. The summed E-state index contributed by atoms with van der Waals surface area (Å²) in [6.07, 6.45) is -0.526. The maximum atomic E-state index is 10.1. The normalized spacial score (nSPS) is 12.4. The van der Waals surface area contributed by atoms with E-state index in [0.29, 0.717) is 0 Å². The fourth-order valence-corrected chi connectivity index (χ4v) is 0.760. The Morgan fingerprint density at radius 2 is 1.89 bits per heavy atom. The highest BCUT2D eigenvalue weighted by atomic mass is 32.3. The standard InChI is InChI=1S/C3H8O5S/c1-3(2)7-9(5,6)8-4/h3-4H,1-2H3. The average Bonchev–Trinajstić information content (AvgIpc) is 1.63. The van der Waals surface area contributed by atoms with Crippen molar-refractivity contribution in [2.24, 2.45) is 0 Å². The Morgan fingerprint density at radius 1 is 1.44 bits per heavy atom. The molecule has 0 amide bonds. The average molecular weight is 156 g/mol. The first-order chi connectivity index (χ1) is 3.98. The molecule has 0 rings (SSSR count). The SMILES string of the molecule is CC(C)OS(=O)(=O)OO. The summed E-state index contributed by atoms with van der Waals surface area (Å²) in [5.41, 5.74) is 0. The van der Waals surface area contributed by atoms with Crippen LogP contribution in [0.1, 0.15) is 13.8 Å². The van der Waals surface area contributed by atoms with Crippen LogP contribution in [-0.2, 0) is 18.9 Å². The van der Waals surface area contributed by atoms with Crippen molar-refractivity contribution in [2.45, 2.75) is 20.0 Å². The van der Waals surface area contributed by atoms with E-state index in [1.54, 1.807) is 0 Å². The van der Waals surface area contributed by atoms with Crippen LogP contribution in [0.3, 0.4) is 0 Å². The van der Waals surface area contributed by atoms with Gasteiger partial charge in [0.1, 0.15) is 0 Å². The number of hydrogen-bond donors (Lipinski definition) is 1. The predicted molar refractivity (Wildman–Crippen MR) is 28.9 cm³/mol. The fraction of sp³-hybridized carbons (Fsp3) is 1.00. The van der Waals surface area contributed by atoms with Crippen molar-refractivity contribution in [1.82, 2.24) is 0 Å². The van der Waals surface area contributed by atoms with E-state index in [1.165, 1.54) is 13.8 Å². The minimum Gasteiger partial charge on any atom is -0.244 e. The van der Waals surface area contributed by atoms with E-state index in [2.05, 4.69) is 8.52 Å². The first-order valence-electron chi connectivity index (χ1n) is 2.24. The van der Waals surface area contributed by atoms with Gasteiger partial charge in [0.05, 0.1) is 6.10 Å². The summed E-state index contributed by atoms with van der Waals surface area (Å²) in [6, 6.07) is 0. The molecule has 6 heteroatoms. The highest BCUT2D eigenvalue weighted by Crippen LogP contribution is 1.97. The van der Waals surface area contributed by atoms with Crippen LogP contribution >= 0.6 is 0 Å². The monoisotopic (exact) mass is 156 g/mol. The van der Waals surface area contributed by atoms with Crippen molar-refractivity contribution in [3.8, 4) is 0 Å². The molecular formula is C3H8O5S. The summed E-state index contributed by atoms with van der Waals surface area (Å²) in [5.74, 6) is 0. The van der Waals surface area contributed by atoms with Gasteiger partial charge in [-0.1, -0.05) is 4.33 Å². The van der Waals surface area contributed by atoms with Gasteiger partial charge in [0.25, 0.3) is 0 Å². The van der Waals surface area contributed by atoms with Crippen molar-refractivity contribution >= 4 is 10.4 Å². The topological polar surface area (TPSA) is 72.8 Å². The molecule has 0 unspecified atom stereocenters. The lowest BCUT2D eigenvalue weighted by Gasteiger charge is -2.02. The predicted octanol–water partition coefficient (Wildman–Crippen LogP) is 0.146. The maximum Gasteiger partial charge on any atom is 0.426 e. The fourth-order valence-electron chi connectivity index (χ4n) is 0.253. The zero-order valence-electron chi connectivity index (χ0n) is 5.07. The van der Waals surface area contributed by atoms with Gasteiger partial charge in [-0.3, -0.25) is 0 Å². The smallest absolute Gasteiger partial charge is 0.244 e. The van der Waals surface area contributed by atoms with E-state index in [1.807, 2.05) is 0 Å². The summed E-state index contributed by atoms with van der Waals surface area (Å²) >= 11 is 0. The highest BCUT2D eigenvalue weighted by molar-refractivity contribution is 7.81. The first-order valence-corrected chi connectivity index (χ1v) is 3.57. The molecule has 0 fully saturated rings. The molecule has 1 N–H and O–H groups in total. The third-order valence-electron chi connectivity index (χ3n) is 0.402. The van der Waals surface area contributed by atoms with E-state index >= 15 is 0 Å². The molecule has 0 saturated carbocycles. The molecule has 0 aliphatic rings. The third kappa shape index (κ3) is 4.34. The minimum atomic E-state index is -4.16. The van der Waals surface area contributed by atoms with Crippen LogP contribution in [0.5, 0.6) is 0 Å². The van der Waals surface area contributed by atoms with E-state index < -0.39 is 16.5 Å². The molecule has 0 spiro atoms. The van der Waals surface area contributed by atoms with Crippen molar-refractivity contribution in [1.29, 1.82) is 0 Å². The quantitative estimate of drug-likeness (QED) is 0.465. The van der Waals surface area contributed by atoms with Gasteiger partial charge in [0.2, 0.25) is 0 Å².